The Morgan fingerprint density at radius 3 is 2.43 bits per heavy atom. The van der Waals surface area contributed by atoms with Crippen LogP contribution in [0.2, 0.25) is 5.02 Å². The highest BCUT2D eigenvalue weighted by atomic mass is 35.5. The number of nitrogens with two attached hydrogens (primary N) is 1. The minimum Gasteiger partial charge on any atom is -0.271 e. The van der Waals surface area contributed by atoms with Crippen molar-refractivity contribution >= 4 is 11.6 Å². The van der Waals surface area contributed by atoms with E-state index in [1.165, 1.54) is 24.3 Å². The summed E-state index contributed by atoms with van der Waals surface area (Å²) in [5.41, 5.74) is 3.44. The van der Waals surface area contributed by atoms with Gasteiger partial charge in [0.2, 0.25) is 0 Å². The van der Waals surface area contributed by atoms with Crippen molar-refractivity contribution in [2.75, 3.05) is 0 Å². The van der Waals surface area contributed by atoms with Gasteiger partial charge in [-0.25, -0.2) is 13.2 Å². The molecule has 0 bridgehead atoms. The number of halogens is 4. The lowest BCUT2D eigenvalue weighted by Gasteiger charge is -2.17. The Bertz CT molecular complexity index is 634. The minimum atomic E-state index is -0.900. The van der Waals surface area contributed by atoms with Crippen LogP contribution in [0.25, 0.3) is 0 Å². The molecule has 0 aliphatic rings. The fraction of sp³-hybridized carbons (Fsp3) is 0.200. The van der Waals surface area contributed by atoms with Crippen molar-refractivity contribution in [2.45, 2.75) is 18.9 Å². The summed E-state index contributed by atoms with van der Waals surface area (Å²) in [4.78, 5) is 0. The van der Waals surface area contributed by atoms with Crippen molar-refractivity contribution in [3.8, 4) is 0 Å². The zero-order valence-electron chi connectivity index (χ0n) is 11.0. The maximum atomic E-state index is 13.7. The molecule has 1 unspecified atom stereocenters. The van der Waals surface area contributed by atoms with Crippen LogP contribution < -0.4 is 11.3 Å². The second-order valence-electron chi connectivity index (χ2n) is 4.72. The van der Waals surface area contributed by atoms with E-state index in [1.807, 2.05) is 0 Å². The molecule has 2 nitrogen and oxygen atoms in total. The summed E-state index contributed by atoms with van der Waals surface area (Å²) in [6.07, 6.45) is 0.555. The zero-order chi connectivity index (χ0) is 15.4. The first kappa shape index (κ1) is 15.8. The summed E-state index contributed by atoms with van der Waals surface area (Å²) in [5.74, 6) is 3.23. The summed E-state index contributed by atoms with van der Waals surface area (Å²) < 4.78 is 39.8. The van der Waals surface area contributed by atoms with Crippen LogP contribution in [0.5, 0.6) is 0 Å². The quantitative estimate of drug-likeness (QED) is 0.656. The molecular formula is C15H14ClF3N2. The standard InChI is InChI=1S/C15H14ClF3N2/c16-13-8-11(17)5-4-9(13)6-12(21-20)7-10-2-1-3-14(18)15(10)19/h1-5,8,12,21H,6-7,20H2. The van der Waals surface area contributed by atoms with Gasteiger partial charge in [-0.15, -0.1) is 0 Å². The molecule has 6 heteroatoms. The number of nitrogens with one attached hydrogen (secondary N) is 1. The van der Waals surface area contributed by atoms with E-state index < -0.39 is 17.5 Å². The first-order valence-corrected chi connectivity index (χ1v) is 6.72. The molecule has 0 spiro atoms. The largest absolute Gasteiger partial charge is 0.271 e. The van der Waals surface area contributed by atoms with Crippen LogP contribution in [-0.4, -0.2) is 6.04 Å². The molecule has 3 N–H and O–H groups in total. The molecule has 112 valence electrons. The molecule has 0 amide bonds. The Kier molecular flexibility index (Phi) is 5.22. The fourth-order valence-electron chi connectivity index (χ4n) is 2.11. The summed E-state index contributed by atoms with van der Waals surface area (Å²) >= 11 is 5.95. The summed E-state index contributed by atoms with van der Waals surface area (Å²) in [6.45, 7) is 0. The normalized spacial score (nSPS) is 12.4. The van der Waals surface area contributed by atoms with Gasteiger partial charge in [0.1, 0.15) is 5.82 Å². The third-order valence-corrected chi connectivity index (χ3v) is 3.57. The molecule has 0 aliphatic heterocycles. The van der Waals surface area contributed by atoms with Crippen LogP contribution >= 0.6 is 11.6 Å². The molecular weight excluding hydrogens is 301 g/mol. The second-order valence-corrected chi connectivity index (χ2v) is 5.13. The lowest BCUT2D eigenvalue weighted by Crippen LogP contribution is -2.38. The maximum Gasteiger partial charge on any atom is 0.162 e. The van der Waals surface area contributed by atoms with Crippen LogP contribution in [0.4, 0.5) is 13.2 Å². The molecule has 0 fully saturated rings. The maximum absolute atomic E-state index is 13.7. The second kappa shape index (κ2) is 6.93. The lowest BCUT2D eigenvalue weighted by molar-refractivity contribution is 0.474. The molecule has 1 atom stereocenters. The Labute approximate surface area is 125 Å². The van der Waals surface area contributed by atoms with Crippen LogP contribution in [0.15, 0.2) is 36.4 Å². The van der Waals surface area contributed by atoms with Gasteiger partial charge in [-0.3, -0.25) is 11.3 Å². The van der Waals surface area contributed by atoms with Crippen LogP contribution in [-0.2, 0) is 12.8 Å². The minimum absolute atomic E-state index is 0.188. The van der Waals surface area contributed by atoms with Crippen molar-refractivity contribution in [3.05, 3.63) is 70.0 Å². The topological polar surface area (TPSA) is 38.0 Å². The number of hydrogen-bond donors (Lipinski definition) is 2. The van der Waals surface area contributed by atoms with E-state index in [0.29, 0.717) is 12.0 Å². The number of hydrogen-bond acceptors (Lipinski definition) is 2. The zero-order valence-corrected chi connectivity index (χ0v) is 11.8. The van der Waals surface area contributed by atoms with E-state index >= 15 is 0 Å². The van der Waals surface area contributed by atoms with E-state index in [0.717, 1.165) is 6.07 Å². The molecule has 0 radical (unpaired) electrons. The molecule has 2 rings (SSSR count). The summed E-state index contributed by atoms with van der Waals surface area (Å²) in [5, 5.41) is 0.273. The van der Waals surface area contributed by atoms with Crippen LogP contribution in [0.3, 0.4) is 0 Å². The van der Waals surface area contributed by atoms with E-state index in [1.54, 1.807) is 6.07 Å². The molecule has 21 heavy (non-hydrogen) atoms. The van der Waals surface area contributed by atoms with Crippen molar-refractivity contribution in [1.82, 2.24) is 5.43 Å². The molecule has 0 saturated carbocycles. The lowest BCUT2D eigenvalue weighted by atomic mass is 9.99. The van der Waals surface area contributed by atoms with Crippen molar-refractivity contribution in [1.29, 1.82) is 0 Å². The van der Waals surface area contributed by atoms with Gasteiger partial charge < -0.3 is 0 Å². The van der Waals surface area contributed by atoms with E-state index in [-0.39, 0.29) is 23.0 Å². The number of rotatable bonds is 5. The molecule has 0 aromatic heterocycles. The first-order valence-electron chi connectivity index (χ1n) is 6.34. The van der Waals surface area contributed by atoms with Gasteiger partial charge in [0, 0.05) is 11.1 Å². The average Bonchev–Trinajstić information content (AvgIpc) is 2.45. The highest BCUT2D eigenvalue weighted by Gasteiger charge is 2.15. The Morgan fingerprint density at radius 1 is 1.05 bits per heavy atom. The van der Waals surface area contributed by atoms with Crippen LogP contribution in [0, 0.1) is 17.5 Å². The van der Waals surface area contributed by atoms with E-state index in [2.05, 4.69) is 5.43 Å². The molecule has 2 aromatic carbocycles. The Morgan fingerprint density at radius 2 is 1.76 bits per heavy atom. The van der Waals surface area contributed by atoms with Gasteiger partial charge in [-0.05, 0) is 42.2 Å². The predicted octanol–water partition coefficient (Wildman–Crippen LogP) is 3.37. The van der Waals surface area contributed by atoms with Gasteiger partial charge in [-0.2, -0.15) is 0 Å². The summed E-state index contributed by atoms with van der Waals surface area (Å²) in [6, 6.07) is 7.67. The van der Waals surface area contributed by atoms with Crippen LogP contribution in [0.1, 0.15) is 11.1 Å². The smallest absolute Gasteiger partial charge is 0.162 e. The number of benzene rings is 2. The van der Waals surface area contributed by atoms with Gasteiger partial charge in [0.15, 0.2) is 11.6 Å². The van der Waals surface area contributed by atoms with E-state index in [9.17, 15) is 13.2 Å². The van der Waals surface area contributed by atoms with Crippen molar-refractivity contribution in [2.24, 2.45) is 5.84 Å². The molecule has 0 aliphatic carbocycles. The molecule has 0 heterocycles. The third kappa shape index (κ3) is 3.97. The monoisotopic (exact) mass is 314 g/mol. The summed E-state index contributed by atoms with van der Waals surface area (Å²) in [7, 11) is 0. The van der Waals surface area contributed by atoms with Gasteiger partial charge in [0.25, 0.3) is 0 Å². The van der Waals surface area contributed by atoms with Crippen molar-refractivity contribution < 1.29 is 13.2 Å². The SMILES string of the molecule is NNC(Cc1ccc(F)cc1Cl)Cc1cccc(F)c1F. The van der Waals surface area contributed by atoms with Gasteiger partial charge in [0.05, 0.1) is 0 Å². The van der Waals surface area contributed by atoms with E-state index in [4.69, 9.17) is 17.4 Å². The predicted molar refractivity (Wildman–Crippen MR) is 76.3 cm³/mol. The Hall–Kier alpha value is -1.56. The number of hydrazine groups is 1. The first-order chi connectivity index (χ1) is 10.0. The fourth-order valence-corrected chi connectivity index (χ4v) is 2.36. The highest BCUT2D eigenvalue weighted by Crippen LogP contribution is 2.20. The molecule has 2 aromatic rings. The molecule has 0 saturated heterocycles. The van der Waals surface area contributed by atoms with Gasteiger partial charge >= 0.3 is 0 Å². The van der Waals surface area contributed by atoms with Crippen molar-refractivity contribution in [3.63, 3.8) is 0 Å². The third-order valence-electron chi connectivity index (χ3n) is 3.22. The Balaban J connectivity index is 2.15. The average molecular weight is 315 g/mol. The highest BCUT2D eigenvalue weighted by molar-refractivity contribution is 6.31. The van der Waals surface area contributed by atoms with Gasteiger partial charge in [-0.1, -0.05) is 29.8 Å².